The van der Waals surface area contributed by atoms with Gasteiger partial charge in [0.15, 0.2) is 5.43 Å². The first-order valence-corrected chi connectivity index (χ1v) is 10.8. The van der Waals surface area contributed by atoms with Gasteiger partial charge in [-0.1, -0.05) is 31.5 Å². The highest BCUT2D eigenvalue weighted by Crippen LogP contribution is 2.41. The first-order valence-electron chi connectivity index (χ1n) is 10.8. The van der Waals surface area contributed by atoms with Crippen molar-refractivity contribution in [3.05, 3.63) is 99.8 Å². The Morgan fingerprint density at radius 3 is 2.76 bits per heavy atom. The molecule has 33 heavy (non-hydrogen) atoms. The third kappa shape index (κ3) is 3.65. The van der Waals surface area contributed by atoms with Gasteiger partial charge in [0, 0.05) is 6.20 Å². The molecule has 166 valence electrons. The highest BCUT2D eigenvalue weighted by Gasteiger charge is 2.44. The number of carbonyl (C=O) groups is 1. The fourth-order valence-corrected chi connectivity index (χ4v) is 4.10. The van der Waals surface area contributed by atoms with E-state index in [1.807, 2.05) is 24.3 Å². The Hall–Kier alpha value is -4.00. The van der Waals surface area contributed by atoms with Crippen molar-refractivity contribution in [3.63, 3.8) is 0 Å². The minimum Gasteiger partial charge on any atom is -0.494 e. The number of fused-ring (bicyclic) bond motifs is 2. The van der Waals surface area contributed by atoms with Gasteiger partial charge in [0.25, 0.3) is 5.91 Å². The predicted octanol–water partition coefficient (Wildman–Crippen LogP) is 5.26. The molecule has 0 spiro atoms. The van der Waals surface area contributed by atoms with E-state index in [0.29, 0.717) is 23.7 Å². The quantitative estimate of drug-likeness (QED) is 0.380. The molecule has 2 aromatic heterocycles. The zero-order valence-corrected chi connectivity index (χ0v) is 18.0. The molecule has 6 nitrogen and oxygen atoms in total. The fourth-order valence-electron chi connectivity index (χ4n) is 4.10. The average Bonchev–Trinajstić information content (AvgIpc) is 3.13. The Kier molecular flexibility index (Phi) is 5.38. The Balaban J connectivity index is 1.71. The van der Waals surface area contributed by atoms with Gasteiger partial charge in [-0.05, 0) is 54.4 Å². The number of ether oxygens (including phenoxy) is 1. The lowest BCUT2D eigenvalue weighted by molar-refractivity contribution is 0.0970. The standard InChI is InChI=1S/C26H21FN2O4/c1-2-3-13-32-18-8-6-7-16(14-18)23-22-24(30)19-15-17(27)10-11-20(19)33-25(22)26(31)29(23)21-9-4-5-12-28-21/h4-12,14-15,23H,2-3,13H2,1H3. The topological polar surface area (TPSA) is 72.6 Å². The number of benzene rings is 2. The third-order valence-corrected chi connectivity index (χ3v) is 5.67. The molecule has 0 saturated carbocycles. The summed E-state index contributed by atoms with van der Waals surface area (Å²) in [5.74, 6) is -0.0743. The van der Waals surface area contributed by atoms with Crippen LogP contribution in [0.15, 0.2) is 76.1 Å². The van der Waals surface area contributed by atoms with Crippen LogP contribution in [0.25, 0.3) is 11.0 Å². The van der Waals surface area contributed by atoms with E-state index in [0.717, 1.165) is 18.9 Å². The van der Waals surface area contributed by atoms with E-state index in [1.165, 1.54) is 17.0 Å². The molecule has 1 aliphatic rings. The molecule has 1 unspecified atom stereocenters. The van der Waals surface area contributed by atoms with Crippen molar-refractivity contribution in [2.24, 2.45) is 0 Å². The number of aromatic nitrogens is 1. The molecule has 0 bridgehead atoms. The van der Waals surface area contributed by atoms with Crippen LogP contribution in [0.3, 0.4) is 0 Å². The van der Waals surface area contributed by atoms with Crippen LogP contribution in [0, 0.1) is 5.82 Å². The second kappa shape index (κ2) is 8.50. The van der Waals surface area contributed by atoms with E-state index in [4.69, 9.17) is 9.15 Å². The van der Waals surface area contributed by atoms with Crippen LogP contribution in [0.4, 0.5) is 10.2 Å². The molecule has 0 saturated heterocycles. The Morgan fingerprint density at radius 1 is 1.09 bits per heavy atom. The number of hydrogen-bond acceptors (Lipinski definition) is 5. The maximum atomic E-state index is 13.9. The van der Waals surface area contributed by atoms with Crippen LogP contribution >= 0.6 is 0 Å². The highest BCUT2D eigenvalue weighted by molar-refractivity contribution is 6.10. The molecule has 0 N–H and O–H groups in total. The molecule has 1 amide bonds. The van der Waals surface area contributed by atoms with Crippen LogP contribution in [-0.4, -0.2) is 17.5 Å². The molecule has 2 aromatic carbocycles. The van der Waals surface area contributed by atoms with E-state index in [9.17, 15) is 14.0 Å². The minimum atomic E-state index is -0.791. The number of hydrogen-bond donors (Lipinski definition) is 0. The van der Waals surface area contributed by atoms with Gasteiger partial charge in [0.2, 0.25) is 5.76 Å². The SMILES string of the molecule is CCCCOc1cccc(C2c3c(oc4ccc(F)cc4c3=O)C(=O)N2c2ccccn2)c1. The summed E-state index contributed by atoms with van der Waals surface area (Å²) in [5, 5.41) is 0.0878. The van der Waals surface area contributed by atoms with Crippen LogP contribution in [0.1, 0.15) is 47.5 Å². The molecule has 0 radical (unpaired) electrons. The Morgan fingerprint density at radius 2 is 1.97 bits per heavy atom. The zero-order valence-electron chi connectivity index (χ0n) is 18.0. The van der Waals surface area contributed by atoms with Gasteiger partial charge in [-0.25, -0.2) is 9.37 Å². The molecule has 4 aromatic rings. The van der Waals surface area contributed by atoms with Gasteiger partial charge in [0.1, 0.15) is 23.0 Å². The lowest BCUT2D eigenvalue weighted by Gasteiger charge is -2.24. The van der Waals surface area contributed by atoms with E-state index in [1.54, 1.807) is 24.4 Å². The summed E-state index contributed by atoms with van der Waals surface area (Å²) >= 11 is 0. The predicted molar refractivity (Wildman–Crippen MR) is 122 cm³/mol. The number of halogens is 1. The van der Waals surface area contributed by atoms with Gasteiger partial charge in [-0.3, -0.25) is 14.5 Å². The van der Waals surface area contributed by atoms with Crippen LogP contribution in [0.2, 0.25) is 0 Å². The maximum Gasteiger partial charge on any atom is 0.296 e. The first kappa shape index (κ1) is 20.9. The molecule has 1 atom stereocenters. The first-order chi connectivity index (χ1) is 16.1. The number of nitrogens with zero attached hydrogens (tertiary/aromatic N) is 2. The van der Waals surface area contributed by atoms with Gasteiger partial charge < -0.3 is 9.15 Å². The Labute approximate surface area is 189 Å². The van der Waals surface area contributed by atoms with Crippen molar-refractivity contribution in [3.8, 4) is 5.75 Å². The summed E-state index contributed by atoms with van der Waals surface area (Å²) in [5.41, 5.74) is 0.547. The van der Waals surface area contributed by atoms with Gasteiger partial charge >= 0.3 is 0 Å². The normalized spacial score (nSPS) is 15.2. The number of carbonyl (C=O) groups excluding carboxylic acids is 1. The molecule has 0 fully saturated rings. The molecule has 1 aliphatic heterocycles. The Bertz CT molecular complexity index is 1400. The molecule has 5 rings (SSSR count). The van der Waals surface area contributed by atoms with Crippen LogP contribution in [-0.2, 0) is 0 Å². The molecular formula is C26H21FN2O4. The molecule has 7 heteroatoms. The molecular weight excluding hydrogens is 423 g/mol. The van der Waals surface area contributed by atoms with Crippen molar-refractivity contribution in [1.29, 1.82) is 0 Å². The monoisotopic (exact) mass is 444 g/mol. The van der Waals surface area contributed by atoms with Gasteiger partial charge in [0.05, 0.1) is 23.6 Å². The number of pyridine rings is 1. The second-order valence-corrected chi connectivity index (χ2v) is 7.85. The lowest BCUT2D eigenvalue weighted by Crippen LogP contribution is -2.30. The van der Waals surface area contributed by atoms with Crippen molar-refractivity contribution in [2.75, 3.05) is 11.5 Å². The van der Waals surface area contributed by atoms with Crippen LogP contribution < -0.4 is 15.1 Å². The zero-order chi connectivity index (χ0) is 22.9. The number of anilines is 1. The van der Waals surface area contributed by atoms with Crippen LogP contribution in [0.5, 0.6) is 5.75 Å². The van der Waals surface area contributed by atoms with E-state index >= 15 is 0 Å². The van der Waals surface area contributed by atoms with Crippen molar-refractivity contribution >= 4 is 22.7 Å². The fraction of sp³-hybridized carbons (Fsp3) is 0.192. The maximum absolute atomic E-state index is 13.9. The average molecular weight is 444 g/mol. The number of rotatable bonds is 6. The van der Waals surface area contributed by atoms with Crippen molar-refractivity contribution in [1.82, 2.24) is 4.98 Å². The highest BCUT2D eigenvalue weighted by atomic mass is 19.1. The van der Waals surface area contributed by atoms with Crippen molar-refractivity contribution in [2.45, 2.75) is 25.8 Å². The van der Waals surface area contributed by atoms with E-state index < -0.39 is 23.2 Å². The largest absolute Gasteiger partial charge is 0.494 e. The minimum absolute atomic E-state index is 0.0629. The van der Waals surface area contributed by atoms with Crippen molar-refractivity contribution < 1.29 is 18.3 Å². The summed E-state index contributed by atoms with van der Waals surface area (Å²) in [7, 11) is 0. The number of amides is 1. The molecule has 3 heterocycles. The summed E-state index contributed by atoms with van der Waals surface area (Å²) < 4.78 is 25.6. The summed E-state index contributed by atoms with van der Waals surface area (Å²) in [4.78, 5) is 32.8. The second-order valence-electron chi connectivity index (χ2n) is 7.85. The molecule has 0 aliphatic carbocycles. The smallest absolute Gasteiger partial charge is 0.296 e. The summed E-state index contributed by atoms with van der Waals surface area (Å²) in [6, 6.07) is 15.4. The summed E-state index contributed by atoms with van der Waals surface area (Å²) in [6.07, 6.45) is 3.49. The lowest BCUT2D eigenvalue weighted by atomic mass is 9.98. The third-order valence-electron chi connectivity index (χ3n) is 5.67. The van der Waals surface area contributed by atoms with E-state index in [2.05, 4.69) is 11.9 Å². The van der Waals surface area contributed by atoms with Gasteiger partial charge in [-0.2, -0.15) is 0 Å². The van der Waals surface area contributed by atoms with E-state index in [-0.39, 0.29) is 22.3 Å². The summed E-state index contributed by atoms with van der Waals surface area (Å²) in [6.45, 7) is 2.65. The van der Waals surface area contributed by atoms with Gasteiger partial charge in [-0.15, -0.1) is 0 Å². The number of unbranched alkanes of at least 4 members (excludes halogenated alkanes) is 1.